The normalized spacial score (nSPS) is 28.7. The Morgan fingerprint density at radius 3 is 1.94 bits per heavy atom. The molecular formula is C16H32O2. The van der Waals surface area contributed by atoms with Gasteiger partial charge in [-0.1, -0.05) is 65.2 Å². The quantitative estimate of drug-likeness (QED) is 0.815. The fourth-order valence-electron chi connectivity index (χ4n) is 2.65. The molecule has 0 aromatic carbocycles. The van der Waals surface area contributed by atoms with Crippen LogP contribution < -0.4 is 0 Å². The first kappa shape index (κ1) is 16.0. The molecule has 1 fully saturated rings. The van der Waals surface area contributed by atoms with Gasteiger partial charge in [0.1, 0.15) is 0 Å². The first-order valence-electron chi connectivity index (χ1n) is 8.00. The summed E-state index contributed by atoms with van der Waals surface area (Å²) < 4.78 is 5.91. The van der Waals surface area contributed by atoms with Crippen LogP contribution >= 0.6 is 0 Å². The second-order valence-corrected chi connectivity index (χ2v) is 6.24. The van der Waals surface area contributed by atoms with Crippen molar-refractivity contribution >= 4 is 0 Å². The largest absolute Gasteiger partial charge is 0.390 e. The van der Waals surface area contributed by atoms with E-state index in [0.29, 0.717) is 5.92 Å². The average molecular weight is 256 g/mol. The molecule has 2 unspecified atom stereocenters. The zero-order valence-electron chi connectivity index (χ0n) is 12.4. The van der Waals surface area contributed by atoms with Gasteiger partial charge in [-0.25, -0.2) is 0 Å². The maximum Gasteiger partial charge on any atom is 0.0834 e. The molecule has 1 aliphatic rings. The first-order chi connectivity index (χ1) is 8.70. The number of hydrogen-bond donors (Lipinski definition) is 1. The summed E-state index contributed by atoms with van der Waals surface area (Å²) in [6.07, 6.45) is 12.2. The van der Waals surface area contributed by atoms with Gasteiger partial charge in [0.2, 0.25) is 0 Å². The zero-order chi connectivity index (χ0) is 13.2. The van der Waals surface area contributed by atoms with E-state index >= 15 is 0 Å². The molecule has 0 bridgehead atoms. The number of ether oxygens (including phenoxy) is 1. The summed E-state index contributed by atoms with van der Waals surface area (Å²) in [6.45, 7) is 5.12. The third kappa shape index (κ3) is 7.38. The van der Waals surface area contributed by atoms with E-state index < -0.39 is 0 Å². The van der Waals surface area contributed by atoms with Gasteiger partial charge in [0.05, 0.1) is 12.2 Å². The summed E-state index contributed by atoms with van der Waals surface area (Å²) in [4.78, 5) is 0. The SMILES string of the molecule is CC(C)COC1CCCCCCCCCCC1O. The topological polar surface area (TPSA) is 29.5 Å². The van der Waals surface area contributed by atoms with E-state index in [0.717, 1.165) is 25.9 Å². The van der Waals surface area contributed by atoms with Crippen molar-refractivity contribution in [2.45, 2.75) is 90.3 Å². The Labute approximate surface area is 113 Å². The highest BCUT2D eigenvalue weighted by Gasteiger charge is 2.19. The average Bonchev–Trinajstić information content (AvgIpc) is 2.32. The maximum atomic E-state index is 10.2. The van der Waals surface area contributed by atoms with Gasteiger partial charge in [-0.05, 0) is 18.8 Å². The van der Waals surface area contributed by atoms with Crippen molar-refractivity contribution in [3.63, 3.8) is 0 Å². The molecule has 0 heterocycles. The van der Waals surface area contributed by atoms with Crippen LogP contribution in [0.4, 0.5) is 0 Å². The Balaban J connectivity index is 2.36. The molecule has 2 atom stereocenters. The third-order valence-electron chi connectivity index (χ3n) is 3.81. The lowest BCUT2D eigenvalue weighted by atomic mass is 9.97. The van der Waals surface area contributed by atoms with Crippen LogP contribution in [0.2, 0.25) is 0 Å². The minimum atomic E-state index is -0.247. The predicted octanol–water partition coefficient (Wildman–Crippen LogP) is 4.30. The van der Waals surface area contributed by atoms with Crippen molar-refractivity contribution in [3.05, 3.63) is 0 Å². The molecule has 1 rings (SSSR count). The van der Waals surface area contributed by atoms with Gasteiger partial charge >= 0.3 is 0 Å². The van der Waals surface area contributed by atoms with E-state index in [9.17, 15) is 5.11 Å². The van der Waals surface area contributed by atoms with Crippen LogP contribution in [0, 0.1) is 5.92 Å². The van der Waals surface area contributed by atoms with Crippen LogP contribution in [-0.4, -0.2) is 23.9 Å². The molecule has 1 aliphatic carbocycles. The summed E-state index contributed by atoms with van der Waals surface area (Å²) in [6, 6.07) is 0. The van der Waals surface area contributed by atoms with E-state index in [1.165, 1.54) is 44.9 Å². The lowest BCUT2D eigenvalue weighted by molar-refractivity contribution is -0.0547. The minimum Gasteiger partial charge on any atom is -0.390 e. The van der Waals surface area contributed by atoms with Gasteiger partial charge in [0.25, 0.3) is 0 Å². The van der Waals surface area contributed by atoms with Gasteiger partial charge in [-0.2, -0.15) is 0 Å². The number of hydrogen-bond acceptors (Lipinski definition) is 2. The Morgan fingerprint density at radius 2 is 1.39 bits per heavy atom. The van der Waals surface area contributed by atoms with Gasteiger partial charge in [-0.15, -0.1) is 0 Å². The summed E-state index contributed by atoms with van der Waals surface area (Å²) >= 11 is 0. The molecule has 1 saturated carbocycles. The van der Waals surface area contributed by atoms with E-state index in [1.807, 2.05) is 0 Å². The Morgan fingerprint density at radius 1 is 0.889 bits per heavy atom. The van der Waals surface area contributed by atoms with Crippen molar-refractivity contribution in [2.24, 2.45) is 5.92 Å². The molecule has 0 aliphatic heterocycles. The summed E-state index contributed by atoms with van der Waals surface area (Å²) in [5.74, 6) is 0.554. The van der Waals surface area contributed by atoms with Crippen molar-refractivity contribution in [3.8, 4) is 0 Å². The molecule has 0 radical (unpaired) electrons. The zero-order valence-corrected chi connectivity index (χ0v) is 12.4. The Hall–Kier alpha value is -0.0800. The fourth-order valence-corrected chi connectivity index (χ4v) is 2.65. The van der Waals surface area contributed by atoms with E-state index in [4.69, 9.17) is 4.74 Å². The maximum absolute atomic E-state index is 10.2. The van der Waals surface area contributed by atoms with E-state index in [2.05, 4.69) is 13.8 Å². The summed E-state index contributed by atoms with van der Waals surface area (Å²) in [5, 5.41) is 10.2. The number of aliphatic hydroxyl groups excluding tert-OH is 1. The lowest BCUT2D eigenvalue weighted by Crippen LogP contribution is -2.30. The third-order valence-corrected chi connectivity index (χ3v) is 3.81. The highest BCUT2D eigenvalue weighted by atomic mass is 16.5. The first-order valence-corrected chi connectivity index (χ1v) is 8.00. The Bertz CT molecular complexity index is 192. The highest BCUT2D eigenvalue weighted by Crippen LogP contribution is 2.19. The molecule has 0 spiro atoms. The van der Waals surface area contributed by atoms with Crippen LogP contribution in [0.1, 0.15) is 78.1 Å². The Kier molecular flexibility index (Phi) is 8.70. The molecule has 0 saturated heterocycles. The smallest absolute Gasteiger partial charge is 0.0834 e. The molecule has 0 amide bonds. The molecule has 0 aromatic heterocycles. The molecule has 108 valence electrons. The van der Waals surface area contributed by atoms with Crippen molar-refractivity contribution < 1.29 is 9.84 Å². The second-order valence-electron chi connectivity index (χ2n) is 6.24. The molecule has 2 heteroatoms. The van der Waals surface area contributed by atoms with Gasteiger partial charge in [0, 0.05) is 6.61 Å². The lowest BCUT2D eigenvalue weighted by Gasteiger charge is -2.25. The van der Waals surface area contributed by atoms with Crippen LogP contribution in [0.3, 0.4) is 0 Å². The summed E-state index contributed by atoms with van der Waals surface area (Å²) in [5.41, 5.74) is 0. The molecule has 2 nitrogen and oxygen atoms in total. The monoisotopic (exact) mass is 256 g/mol. The van der Waals surface area contributed by atoms with Crippen molar-refractivity contribution in [1.82, 2.24) is 0 Å². The van der Waals surface area contributed by atoms with Gasteiger partial charge in [-0.3, -0.25) is 0 Å². The molecule has 18 heavy (non-hydrogen) atoms. The molecular weight excluding hydrogens is 224 g/mol. The van der Waals surface area contributed by atoms with E-state index in [1.54, 1.807) is 0 Å². The van der Waals surface area contributed by atoms with Crippen LogP contribution in [0.15, 0.2) is 0 Å². The van der Waals surface area contributed by atoms with Crippen LogP contribution in [0.25, 0.3) is 0 Å². The predicted molar refractivity (Wildman–Crippen MR) is 76.8 cm³/mol. The van der Waals surface area contributed by atoms with Crippen LogP contribution in [0.5, 0.6) is 0 Å². The fraction of sp³-hybridized carbons (Fsp3) is 1.00. The van der Waals surface area contributed by atoms with Crippen molar-refractivity contribution in [2.75, 3.05) is 6.61 Å². The minimum absolute atomic E-state index is 0.0758. The standard InChI is InChI=1S/C16H32O2/c1-14(2)13-18-16-12-10-8-6-4-3-5-7-9-11-15(16)17/h14-17H,3-13H2,1-2H3. The summed E-state index contributed by atoms with van der Waals surface area (Å²) in [7, 11) is 0. The number of rotatable bonds is 3. The molecule has 0 aromatic rings. The second kappa shape index (κ2) is 9.80. The number of aliphatic hydroxyl groups is 1. The van der Waals surface area contributed by atoms with Gasteiger partial charge in [0.15, 0.2) is 0 Å². The van der Waals surface area contributed by atoms with Gasteiger partial charge < -0.3 is 9.84 Å². The van der Waals surface area contributed by atoms with Crippen molar-refractivity contribution in [1.29, 1.82) is 0 Å². The van der Waals surface area contributed by atoms with Crippen LogP contribution in [-0.2, 0) is 4.74 Å². The molecule has 1 N–H and O–H groups in total. The highest BCUT2D eigenvalue weighted by molar-refractivity contribution is 4.70. The van der Waals surface area contributed by atoms with E-state index in [-0.39, 0.29) is 12.2 Å².